The Labute approximate surface area is 186 Å². The summed E-state index contributed by atoms with van der Waals surface area (Å²) in [5.41, 5.74) is 1.59. The van der Waals surface area contributed by atoms with Crippen molar-refractivity contribution in [1.82, 2.24) is 9.71 Å². The van der Waals surface area contributed by atoms with Gasteiger partial charge in [-0.1, -0.05) is 44.2 Å². The van der Waals surface area contributed by atoms with Crippen molar-refractivity contribution in [2.24, 2.45) is 5.92 Å². The molecule has 1 atom stereocenters. The van der Waals surface area contributed by atoms with Gasteiger partial charge < -0.3 is 9.47 Å². The zero-order valence-corrected chi connectivity index (χ0v) is 19.1. The fourth-order valence-electron chi connectivity index (χ4n) is 2.77. The predicted octanol–water partition coefficient (Wildman–Crippen LogP) is 3.87. The summed E-state index contributed by atoms with van der Waals surface area (Å²) in [6.07, 6.45) is 0. The molecular weight excluding hydrogens is 436 g/mol. The third-order valence-electron chi connectivity index (χ3n) is 4.51. The molecule has 31 heavy (non-hydrogen) atoms. The van der Waals surface area contributed by atoms with Crippen molar-refractivity contribution in [3.05, 3.63) is 65.7 Å². The molecule has 3 aromatic rings. The second-order valence-electron chi connectivity index (χ2n) is 7.14. The van der Waals surface area contributed by atoms with E-state index in [2.05, 4.69) is 9.71 Å². The SMILES string of the molecule is COc1ccc(S(=O)(=O)NC(C(=O)OCc2csc(-c3ccccc3)n2)C(C)C)cc1. The number of thiazole rings is 1. The first-order chi connectivity index (χ1) is 14.8. The molecule has 0 saturated carbocycles. The van der Waals surface area contributed by atoms with Crippen molar-refractivity contribution in [3.63, 3.8) is 0 Å². The molecule has 3 rings (SSSR count). The van der Waals surface area contributed by atoms with Crippen LogP contribution in [0.1, 0.15) is 19.5 Å². The first-order valence-corrected chi connectivity index (χ1v) is 12.0. The van der Waals surface area contributed by atoms with Gasteiger partial charge in [-0.05, 0) is 30.2 Å². The van der Waals surface area contributed by atoms with Crippen LogP contribution in [0.25, 0.3) is 10.6 Å². The Kier molecular flexibility index (Phi) is 7.42. The highest BCUT2D eigenvalue weighted by molar-refractivity contribution is 7.89. The van der Waals surface area contributed by atoms with Gasteiger partial charge in [0.2, 0.25) is 10.0 Å². The number of benzene rings is 2. The molecule has 0 aliphatic carbocycles. The maximum absolute atomic E-state index is 12.7. The molecule has 1 N–H and O–H groups in total. The second kappa shape index (κ2) is 10.0. The van der Waals surface area contributed by atoms with Crippen LogP contribution in [0.5, 0.6) is 5.75 Å². The average molecular weight is 461 g/mol. The van der Waals surface area contributed by atoms with Crippen molar-refractivity contribution in [2.75, 3.05) is 7.11 Å². The lowest BCUT2D eigenvalue weighted by Crippen LogP contribution is -2.45. The van der Waals surface area contributed by atoms with Gasteiger partial charge in [-0.25, -0.2) is 13.4 Å². The Balaban J connectivity index is 1.66. The molecule has 164 valence electrons. The van der Waals surface area contributed by atoms with Gasteiger partial charge in [0, 0.05) is 10.9 Å². The molecule has 0 radical (unpaired) electrons. The Morgan fingerprint density at radius 3 is 2.39 bits per heavy atom. The summed E-state index contributed by atoms with van der Waals surface area (Å²) in [4.78, 5) is 17.2. The number of carbonyl (C=O) groups excluding carboxylic acids is 1. The number of methoxy groups -OCH3 is 1. The summed E-state index contributed by atoms with van der Waals surface area (Å²) in [6.45, 7) is 3.47. The number of carbonyl (C=O) groups is 1. The number of nitrogens with one attached hydrogen (secondary N) is 1. The zero-order chi connectivity index (χ0) is 22.4. The first-order valence-electron chi connectivity index (χ1n) is 9.63. The van der Waals surface area contributed by atoms with Gasteiger partial charge in [0.1, 0.15) is 23.4 Å². The fraction of sp³-hybridized carbons (Fsp3) is 0.273. The highest BCUT2D eigenvalue weighted by atomic mass is 32.2. The summed E-state index contributed by atoms with van der Waals surface area (Å²) in [5, 5.41) is 2.65. The third-order valence-corrected chi connectivity index (χ3v) is 6.90. The normalized spacial score (nSPS) is 12.5. The summed E-state index contributed by atoms with van der Waals surface area (Å²) in [5.74, 6) is -0.422. The summed E-state index contributed by atoms with van der Waals surface area (Å²) in [6, 6.07) is 14.6. The van der Waals surface area contributed by atoms with Crippen LogP contribution in [0.4, 0.5) is 0 Å². The summed E-state index contributed by atoms with van der Waals surface area (Å²) in [7, 11) is -2.41. The maximum atomic E-state index is 12.7. The third kappa shape index (κ3) is 5.90. The van der Waals surface area contributed by atoms with E-state index in [-0.39, 0.29) is 17.4 Å². The van der Waals surface area contributed by atoms with Gasteiger partial charge in [-0.2, -0.15) is 4.72 Å². The molecule has 9 heteroatoms. The smallest absolute Gasteiger partial charge is 0.324 e. The van der Waals surface area contributed by atoms with E-state index in [0.29, 0.717) is 11.4 Å². The van der Waals surface area contributed by atoms with E-state index in [1.807, 2.05) is 35.7 Å². The van der Waals surface area contributed by atoms with Crippen LogP contribution in [-0.4, -0.2) is 32.5 Å². The minimum Gasteiger partial charge on any atom is -0.497 e. The Morgan fingerprint density at radius 2 is 1.77 bits per heavy atom. The number of rotatable bonds is 9. The van der Waals surface area contributed by atoms with Crippen molar-refractivity contribution in [1.29, 1.82) is 0 Å². The maximum Gasteiger partial charge on any atom is 0.324 e. The molecule has 7 nitrogen and oxygen atoms in total. The number of sulfonamides is 1. The fourth-order valence-corrected chi connectivity index (χ4v) is 4.91. The van der Waals surface area contributed by atoms with Crippen molar-refractivity contribution in [2.45, 2.75) is 31.4 Å². The van der Waals surface area contributed by atoms with Gasteiger partial charge in [0.25, 0.3) is 0 Å². The number of ether oxygens (including phenoxy) is 2. The monoisotopic (exact) mass is 460 g/mol. The predicted molar refractivity (Wildman–Crippen MR) is 119 cm³/mol. The van der Waals surface area contributed by atoms with Gasteiger partial charge in [0.15, 0.2) is 0 Å². The molecule has 0 amide bonds. The second-order valence-corrected chi connectivity index (χ2v) is 9.71. The van der Waals surface area contributed by atoms with Crippen molar-refractivity contribution >= 4 is 27.3 Å². The zero-order valence-electron chi connectivity index (χ0n) is 17.4. The number of nitrogens with zero attached hydrogens (tertiary/aromatic N) is 1. The van der Waals surface area contributed by atoms with Gasteiger partial charge in [-0.3, -0.25) is 4.79 Å². The summed E-state index contributed by atoms with van der Waals surface area (Å²) < 4.78 is 38.3. The van der Waals surface area contributed by atoms with Crippen LogP contribution in [0.3, 0.4) is 0 Å². The van der Waals surface area contributed by atoms with E-state index >= 15 is 0 Å². The lowest BCUT2D eigenvalue weighted by Gasteiger charge is -2.20. The molecule has 0 spiro atoms. The standard InChI is InChI=1S/C22H24N2O5S2/c1-15(2)20(24-31(26,27)19-11-9-18(28-3)10-12-19)22(25)29-13-17-14-30-21(23-17)16-7-5-4-6-8-16/h4-12,14-15,20,24H,13H2,1-3H3. The molecule has 1 unspecified atom stereocenters. The van der Waals surface area contributed by atoms with Crippen LogP contribution in [-0.2, 0) is 26.2 Å². The van der Waals surface area contributed by atoms with E-state index < -0.39 is 22.0 Å². The van der Waals surface area contributed by atoms with E-state index in [9.17, 15) is 13.2 Å². The summed E-state index contributed by atoms with van der Waals surface area (Å²) >= 11 is 1.46. The largest absolute Gasteiger partial charge is 0.497 e. The molecule has 0 aliphatic rings. The molecule has 1 aromatic heterocycles. The number of hydrogen-bond acceptors (Lipinski definition) is 7. The molecule has 0 saturated heterocycles. The number of aromatic nitrogens is 1. The number of esters is 1. The lowest BCUT2D eigenvalue weighted by atomic mass is 10.1. The molecule has 1 heterocycles. The lowest BCUT2D eigenvalue weighted by molar-refractivity contribution is -0.148. The van der Waals surface area contributed by atoms with E-state index in [1.54, 1.807) is 26.0 Å². The van der Waals surface area contributed by atoms with Gasteiger partial charge in [-0.15, -0.1) is 11.3 Å². The van der Waals surface area contributed by atoms with E-state index in [4.69, 9.17) is 9.47 Å². The van der Waals surface area contributed by atoms with Gasteiger partial charge in [0.05, 0.1) is 17.7 Å². The van der Waals surface area contributed by atoms with Crippen molar-refractivity contribution in [3.8, 4) is 16.3 Å². The Hall–Kier alpha value is -2.75. The van der Waals surface area contributed by atoms with Crippen molar-refractivity contribution < 1.29 is 22.7 Å². The van der Waals surface area contributed by atoms with E-state index in [1.165, 1.54) is 30.6 Å². The molecular formula is C22H24N2O5S2. The van der Waals surface area contributed by atoms with Crippen LogP contribution >= 0.6 is 11.3 Å². The number of hydrogen-bond donors (Lipinski definition) is 1. The topological polar surface area (TPSA) is 94.6 Å². The molecule has 0 bridgehead atoms. The van der Waals surface area contributed by atoms with Crippen LogP contribution in [0.15, 0.2) is 64.9 Å². The molecule has 0 aliphatic heterocycles. The average Bonchev–Trinajstić information content (AvgIpc) is 3.25. The minimum atomic E-state index is -3.91. The van der Waals surface area contributed by atoms with Crippen LogP contribution < -0.4 is 9.46 Å². The van der Waals surface area contributed by atoms with Crippen LogP contribution in [0, 0.1) is 5.92 Å². The Bertz CT molecular complexity index is 1110. The molecule has 2 aromatic carbocycles. The minimum absolute atomic E-state index is 0.0321. The van der Waals surface area contributed by atoms with E-state index in [0.717, 1.165) is 10.6 Å². The highest BCUT2D eigenvalue weighted by Crippen LogP contribution is 2.24. The quantitative estimate of drug-likeness (QED) is 0.487. The molecule has 0 fully saturated rings. The first kappa shape index (κ1) is 22.9. The van der Waals surface area contributed by atoms with Gasteiger partial charge >= 0.3 is 5.97 Å². The highest BCUT2D eigenvalue weighted by Gasteiger charge is 2.30. The van der Waals surface area contributed by atoms with Crippen LogP contribution in [0.2, 0.25) is 0 Å². The Morgan fingerprint density at radius 1 is 1.10 bits per heavy atom.